The molecule has 0 saturated carbocycles. The van der Waals surface area contributed by atoms with Gasteiger partial charge in [-0.05, 0) is 18.2 Å². The molecule has 0 aliphatic heterocycles. The van der Waals surface area contributed by atoms with Gasteiger partial charge in [-0.2, -0.15) is 0 Å². The van der Waals surface area contributed by atoms with Crippen LogP contribution in [0.15, 0.2) is 41.8 Å². The lowest BCUT2D eigenvalue weighted by Gasteiger charge is -1.93. The zero-order valence-corrected chi connectivity index (χ0v) is 9.83. The van der Waals surface area contributed by atoms with Gasteiger partial charge in [-0.3, -0.25) is 19.2 Å². The van der Waals surface area contributed by atoms with Crippen molar-refractivity contribution < 1.29 is 11.0 Å². The third kappa shape index (κ3) is 2.21. The highest BCUT2D eigenvalue weighted by Crippen LogP contribution is 2.12. The molecule has 0 aliphatic rings. The number of benzene rings is 2. The Bertz CT molecular complexity index is 757. The maximum Gasteiger partial charge on any atom is 0.277 e. The van der Waals surface area contributed by atoms with E-state index in [1.165, 1.54) is 18.2 Å². The average Bonchev–Trinajstić information content (AvgIpc) is 2.23. The van der Waals surface area contributed by atoms with Gasteiger partial charge in [-0.15, -0.1) is 0 Å². The SMILES string of the molecule is O.O.O=c1c(=O)c(=O)c2cc(Br)ccc2c1=O. The van der Waals surface area contributed by atoms with Crippen LogP contribution in [0.5, 0.6) is 0 Å². The van der Waals surface area contributed by atoms with E-state index in [1.807, 2.05) is 0 Å². The van der Waals surface area contributed by atoms with E-state index in [2.05, 4.69) is 15.9 Å². The molecule has 0 aromatic heterocycles. The summed E-state index contributed by atoms with van der Waals surface area (Å²) in [6.45, 7) is 0. The molecule has 0 saturated heterocycles. The van der Waals surface area contributed by atoms with Crippen molar-refractivity contribution in [1.82, 2.24) is 0 Å². The molecule has 0 aliphatic carbocycles. The summed E-state index contributed by atoms with van der Waals surface area (Å²) in [6, 6.07) is 4.25. The quantitative estimate of drug-likeness (QED) is 0.535. The van der Waals surface area contributed by atoms with Crippen molar-refractivity contribution in [3.63, 3.8) is 0 Å². The predicted octanol–water partition coefficient (Wildman–Crippen LogP) is -1.73. The second kappa shape index (κ2) is 5.09. The molecule has 0 atom stereocenters. The molecule has 0 fully saturated rings. The van der Waals surface area contributed by atoms with E-state index < -0.39 is 21.7 Å². The smallest absolute Gasteiger partial charge is 0.277 e. The van der Waals surface area contributed by atoms with Crippen LogP contribution in [0.4, 0.5) is 0 Å². The Morgan fingerprint density at radius 1 is 0.706 bits per heavy atom. The number of hydrogen-bond donors (Lipinski definition) is 0. The van der Waals surface area contributed by atoms with Gasteiger partial charge in [-0.25, -0.2) is 0 Å². The van der Waals surface area contributed by atoms with Crippen molar-refractivity contribution in [2.75, 3.05) is 0 Å². The molecular formula is C10H7BrO6. The van der Waals surface area contributed by atoms with Crippen molar-refractivity contribution in [2.24, 2.45) is 0 Å². The fourth-order valence-corrected chi connectivity index (χ4v) is 1.71. The molecule has 0 amide bonds. The molecule has 0 spiro atoms. The Labute approximate surface area is 102 Å². The molecule has 2 rings (SSSR count). The Hall–Kier alpha value is -1.70. The highest BCUT2D eigenvalue weighted by Gasteiger charge is 2.11. The highest BCUT2D eigenvalue weighted by molar-refractivity contribution is 9.10. The van der Waals surface area contributed by atoms with E-state index in [0.717, 1.165) is 0 Å². The number of hydrogen-bond acceptors (Lipinski definition) is 4. The molecule has 0 bridgehead atoms. The largest absolute Gasteiger partial charge is 0.412 e. The van der Waals surface area contributed by atoms with Crippen LogP contribution in [0.3, 0.4) is 0 Å². The maximum atomic E-state index is 11.4. The van der Waals surface area contributed by atoms with E-state index in [-0.39, 0.29) is 21.7 Å². The summed E-state index contributed by atoms with van der Waals surface area (Å²) in [5, 5.41) is -0.0215. The summed E-state index contributed by atoms with van der Waals surface area (Å²) in [4.78, 5) is 44.9. The molecule has 2 aromatic carbocycles. The van der Waals surface area contributed by atoms with Crippen molar-refractivity contribution in [2.45, 2.75) is 0 Å². The second-order valence-corrected chi connectivity index (χ2v) is 3.92. The molecule has 0 heterocycles. The van der Waals surface area contributed by atoms with Crippen molar-refractivity contribution in [3.8, 4) is 0 Å². The molecule has 17 heavy (non-hydrogen) atoms. The van der Waals surface area contributed by atoms with Gasteiger partial charge in [0.15, 0.2) is 0 Å². The average molecular weight is 303 g/mol. The van der Waals surface area contributed by atoms with Crippen LogP contribution >= 0.6 is 15.9 Å². The zero-order chi connectivity index (χ0) is 11.2. The van der Waals surface area contributed by atoms with E-state index in [4.69, 9.17) is 0 Å². The van der Waals surface area contributed by atoms with Gasteiger partial charge in [0, 0.05) is 15.2 Å². The standard InChI is InChI=1S/C10H3BrO4.2H2O/c11-4-1-2-5-6(3-4)8(13)10(15)9(14)7(5)12;;/h1-3H;2*1H2. The van der Waals surface area contributed by atoms with Crippen LogP contribution < -0.4 is 21.7 Å². The van der Waals surface area contributed by atoms with E-state index in [9.17, 15) is 19.2 Å². The van der Waals surface area contributed by atoms with Gasteiger partial charge >= 0.3 is 0 Å². The van der Waals surface area contributed by atoms with Crippen molar-refractivity contribution in [3.05, 3.63) is 63.6 Å². The normalized spacial score (nSPS) is 9.47. The van der Waals surface area contributed by atoms with Crippen LogP contribution in [-0.2, 0) is 0 Å². The topological polar surface area (TPSA) is 131 Å². The fraction of sp³-hybridized carbons (Fsp3) is 0. The fourth-order valence-electron chi connectivity index (χ4n) is 1.35. The minimum absolute atomic E-state index is 0. The van der Waals surface area contributed by atoms with Crippen LogP contribution in [0.25, 0.3) is 10.8 Å². The summed E-state index contributed by atoms with van der Waals surface area (Å²) in [5.74, 6) is 0. The van der Waals surface area contributed by atoms with Gasteiger partial charge < -0.3 is 11.0 Å². The van der Waals surface area contributed by atoms with Gasteiger partial charge in [0.2, 0.25) is 10.9 Å². The minimum Gasteiger partial charge on any atom is -0.412 e. The second-order valence-electron chi connectivity index (χ2n) is 3.01. The maximum absolute atomic E-state index is 11.4. The first-order valence-corrected chi connectivity index (χ1v) is 4.79. The molecule has 7 heteroatoms. The van der Waals surface area contributed by atoms with Crippen LogP contribution in [0.1, 0.15) is 0 Å². The lowest BCUT2D eigenvalue weighted by molar-refractivity contribution is 0.823. The minimum atomic E-state index is -1.26. The van der Waals surface area contributed by atoms with Gasteiger partial charge in [0.05, 0.1) is 0 Å². The summed E-state index contributed by atoms with van der Waals surface area (Å²) in [7, 11) is 0. The Balaban J connectivity index is 0.00000128. The Morgan fingerprint density at radius 3 is 1.71 bits per heavy atom. The first-order valence-electron chi connectivity index (χ1n) is 3.99. The van der Waals surface area contributed by atoms with E-state index >= 15 is 0 Å². The lowest BCUT2D eigenvalue weighted by atomic mass is 10.1. The molecule has 6 nitrogen and oxygen atoms in total. The molecule has 0 radical (unpaired) electrons. The molecular weight excluding hydrogens is 296 g/mol. The van der Waals surface area contributed by atoms with E-state index in [1.54, 1.807) is 0 Å². The van der Waals surface area contributed by atoms with Gasteiger partial charge in [0.1, 0.15) is 0 Å². The molecule has 2 aromatic rings. The van der Waals surface area contributed by atoms with Crippen LogP contribution in [0, 0.1) is 0 Å². The first-order chi connectivity index (χ1) is 7.02. The first kappa shape index (κ1) is 15.3. The number of fused-ring (bicyclic) bond motifs is 1. The Morgan fingerprint density at radius 2 is 1.18 bits per heavy atom. The Kier molecular flexibility index (Phi) is 4.58. The van der Waals surface area contributed by atoms with Crippen LogP contribution in [0.2, 0.25) is 0 Å². The highest BCUT2D eigenvalue weighted by atomic mass is 79.9. The third-order valence-electron chi connectivity index (χ3n) is 2.09. The van der Waals surface area contributed by atoms with Crippen LogP contribution in [-0.4, -0.2) is 11.0 Å². The zero-order valence-electron chi connectivity index (χ0n) is 8.24. The molecule has 4 N–H and O–H groups in total. The van der Waals surface area contributed by atoms with Crippen molar-refractivity contribution >= 4 is 26.7 Å². The summed E-state index contributed by atoms with van der Waals surface area (Å²) in [6.07, 6.45) is 0. The lowest BCUT2D eigenvalue weighted by Crippen LogP contribution is -2.46. The third-order valence-corrected chi connectivity index (χ3v) is 2.58. The monoisotopic (exact) mass is 302 g/mol. The number of rotatable bonds is 0. The van der Waals surface area contributed by atoms with Gasteiger partial charge in [0.25, 0.3) is 10.9 Å². The summed E-state index contributed by atoms with van der Waals surface area (Å²) >= 11 is 3.11. The summed E-state index contributed by atoms with van der Waals surface area (Å²) in [5.41, 5.74) is -4.35. The van der Waals surface area contributed by atoms with Crippen molar-refractivity contribution in [1.29, 1.82) is 0 Å². The molecule has 0 unspecified atom stereocenters. The molecule has 90 valence electrons. The summed E-state index contributed by atoms with van der Waals surface area (Å²) < 4.78 is 0.574. The van der Waals surface area contributed by atoms with Gasteiger partial charge in [-0.1, -0.05) is 15.9 Å². The number of halogens is 1. The predicted molar refractivity (Wildman–Crippen MR) is 66.3 cm³/mol. The van der Waals surface area contributed by atoms with E-state index in [0.29, 0.717) is 4.47 Å².